The highest BCUT2D eigenvalue weighted by Gasteiger charge is 2.23. The predicted octanol–water partition coefficient (Wildman–Crippen LogP) is 4.95. The van der Waals surface area contributed by atoms with Gasteiger partial charge < -0.3 is 30.2 Å². The third kappa shape index (κ3) is 14.4. The van der Waals surface area contributed by atoms with Gasteiger partial charge in [-0.1, -0.05) is 55.8 Å². The maximum atomic E-state index is 12.6. The molecule has 1 heterocycles. The van der Waals surface area contributed by atoms with Crippen LogP contribution in [-0.2, 0) is 14.3 Å². The van der Waals surface area contributed by atoms with E-state index in [1.165, 1.54) is 70.3 Å². The lowest BCUT2D eigenvalue weighted by Crippen LogP contribution is -2.95. The zero-order chi connectivity index (χ0) is 30.7. The van der Waals surface area contributed by atoms with E-state index in [1.54, 1.807) is 12.0 Å². The van der Waals surface area contributed by atoms with Crippen LogP contribution >= 0.6 is 34.5 Å². The van der Waals surface area contributed by atoms with E-state index in [0.29, 0.717) is 26.1 Å². The summed E-state index contributed by atoms with van der Waals surface area (Å²) >= 11 is 12.6. The van der Waals surface area contributed by atoms with E-state index >= 15 is 0 Å². The molecule has 3 N–H and O–H groups in total. The summed E-state index contributed by atoms with van der Waals surface area (Å²) in [4.78, 5) is 38.2. The molecule has 0 aliphatic heterocycles. The number of nitrogens with one attached hydrogen (secondary N) is 1. The van der Waals surface area contributed by atoms with E-state index in [4.69, 9.17) is 27.9 Å². The van der Waals surface area contributed by atoms with Crippen molar-refractivity contribution in [3.8, 4) is 0 Å². The van der Waals surface area contributed by atoms with Crippen molar-refractivity contribution in [2.75, 3.05) is 26.8 Å². The molecule has 0 radical (unpaired) electrons. The number of carboxylic acids is 1. The van der Waals surface area contributed by atoms with Crippen LogP contribution in [0, 0.1) is 0 Å². The zero-order valence-electron chi connectivity index (χ0n) is 25.5. The van der Waals surface area contributed by atoms with Gasteiger partial charge in [-0.15, -0.1) is 11.3 Å². The molecule has 0 unspecified atom stereocenters. The highest BCUT2D eigenvalue weighted by molar-refractivity contribution is 7.18. The Hall–Kier alpha value is -1.39. The molecular weight excluding hydrogens is 597 g/mol. The number of thiophene rings is 1. The van der Waals surface area contributed by atoms with Crippen LogP contribution < -0.4 is 15.7 Å². The molecule has 2 amide bonds. The molecule has 0 saturated heterocycles. The molecule has 240 valence electrons. The van der Waals surface area contributed by atoms with Crippen LogP contribution in [0.25, 0.3) is 0 Å². The summed E-state index contributed by atoms with van der Waals surface area (Å²) in [5.41, 5.74) is 0. The third-order valence-corrected chi connectivity index (χ3v) is 9.97. The number of nitrogens with zero attached hydrogens (tertiary/aromatic N) is 1. The van der Waals surface area contributed by atoms with E-state index in [1.807, 2.05) is 0 Å². The number of methoxy groups -OCH3 is 1. The van der Waals surface area contributed by atoms with Crippen molar-refractivity contribution >= 4 is 52.3 Å². The number of hydrogen-bond acceptors (Lipinski definition) is 6. The normalized spacial score (nSPS) is 16.8. The maximum absolute atomic E-state index is 12.6. The van der Waals surface area contributed by atoms with E-state index < -0.39 is 17.9 Å². The number of amides is 2. The van der Waals surface area contributed by atoms with Gasteiger partial charge in [-0.3, -0.25) is 9.59 Å². The molecule has 2 aliphatic rings. The van der Waals surface area contributed by atoms with Gasteiger partial charge in [0.1, 0.15) is 4.34 Å². The fourth-order valence-electron chi connectivity index (χ4n) is 5.71. The first-order chi connectivity index (χ1) is 20.2. The smallest absolute Gasteiger partial charge is 0.261 e. The van der Waals surface area contributed by atoms with Gasteiger partial charge in [-0.05, 0) is 76.7 Å². The number of aliphatic carboxylic acids is 1. The number of halogens is 2. The highest BCUT2D eigenvalue weighted by atomic mass is 35.5. The Morgan fingerprint density at radius 3 is 2.12 bits per heavy atom. The molecule has 2 fully saturated rings. The van der Waals surface area contributed by atoms with Crippen LogP contribution in [0.3, 0.4) is 0 Å². The maximum Gasteiger partial charge on any atom is 0.261 e. The zero-order valence-corrected chi connectivity index (χ0v) is 27.8. The summed E-state index contributed by atoms with van der Waals surface area (Å²) in [5, 5.41) is 16.7. The van der Waals surface area contributed by atoms with Gasteiger partial charge in [0.05, 0.1) is 34.0 Å². The Labute approximate surface area is 266 Å². The number of hydrogen-bond donors (Lipinski definition) is 2. The van der Waals surface area contributed by atoms with Crippen LogP contribution in [0.15, 0.2) is 6.07 Å². The number of carboxylic acid groups (broad SMARTS) is 1. The van der Waals surface area contributed by atoms with Crippen LogP contribution in [0.1, 0.15) is 119 Å². The number of rotatable bonds is 16. The quantitative estimate of drug-likeness (QED) is 0.246. The minimum atomic E-state index is -1.45. The Morgan fingerprint density at radius 2 is 1.62 bits per heavy atom. The van der Waals surface area contributed by atoms with E-state index in [2.05, 4.69) is 17.6 Å². The van der Waals surface area contributed by atoms with Gasteiger partial charge in [0.25, 0.3) is 5.91 Å². The van der Waals surface area contributed by atoms with Crippen molar-refractivity contribution in [3.05, 3.63) is 20.3 Å². The molecule has 1 aromatic rings. The first-order valence-corrected chi connectivity index (χ1v) is 17.4. The van der Waals surface area contributed by atoms with Gasteiger partial charge in [0, 0.05) is 33.2 Å². The second-order valence-corrected chi connectivity index (χ2v) is 13.6. The van der Waals surface area contributed by atoms with Gasteiger partial charge in [0.15, 0.2) is 0 Å². The summed E-state index contributed by atoms with van der Waals surface area (Å²) in [6.45, 7) is 3.79. The molecular formula is C31H51Cl2N3O5S. The molecule has 2 saturated carbocycles. The lowest BCUT2D eigenvalue weighted by molar-refractivity contribution is -0.725. The average molecular weight is 649 g/mol. The van der Waals surface area contributed by atoms with Gasteiger partial charge in [-0.25, -0.2) is 0 Å². The topological polar surface area (TPSA) is 115 Å². The number of carbonyl (C=O) groups excluding carboxylic acids is 3. The monoisotopic (exact) mass is 647 g/mol. The number of quaternary nitrogens is 1. The number of unbranched alkanes of at least 4 members (excludes halogenated alkanes) is 2. The molecule has 0 aromatic carbocycles. The number of ether oxygens (including phenoxy) is 1. The van der Waals surface area contributed by atoms with Gasteiger partial charge in [0.2, 0.25) is 5.91 Å². The second-order valence-electron chi connectivity index (χ2n) is 11.5. The van der Waals surface area contributed by atoms with Gasteiger partial charge >= 0.3 is 0 Å². The molecule has 1 atom stereocenters. The molecule has 1 aromatic heterocycles. The van der Waals surface area contributed by atoms with Gasteiger partial charge in [-0.2, -0.15) is 0 Å². The van der Waals surface area contributed by atoms with Crippen molar-refractivity contribution in [1.82, 2.24) is 10.2 Å². The Bertz CT molecular complexity index is 890. The van der Waals surface area contributed by atoms with E-state index in [-0.39, 0.29) is 33.0 Å². The fourth-order valence-corrected chi connectivity index (χ4v) is 6.99. The van der Waals surface area contributed by atoms with Crippen LogP contribution in [-0.4, -0.2) is 67.6 Å². The molecule has 8 nitrogen and oxygen atoms in total. The number of carbonyl (C=O) groups is 3. The summed E-state index contributed by atoms with van der Waals surface area (Å²) in [7, 11) is 1.60. The number of nitrogens with two attached hydrogens (primary N) is 1. The van der Waals surface area contributed by atoms with Crippen molar-refractivity contribution in [1.29, 1.82) is 0 Å². The molecule has 3 rings (SSSR count). The summed E-state index contributed by atoms with van der Waals surface area (Å²) in [5.74, 6) is -2.22. The SMILES string of the molecule is C1CCC([NH2+]C2CCCCC2)CC1.CCCCCN(CCCOC)C(=O)CC[C@H](NC(=O)c1cc(Cl)c(Cl)s1)C(=O)[O-]. The fraction of sp³-hybridized carbons (Fsp3) is 0.774. The Morgan fingerprint density at radius 1 is 1.02 bits per heavy atom. The second kappa shape index (κ2) is 21.3. The van der Waals surface area contributed by atoms with E-state index in [0.717, 1.165) is 42.7 Å². The molecule has 42 heavy (non-hydrogen) atoms. The minimum Gasteiger partial charge on any atom is -0.548 e. The lowest BCUT2D eigenvalue weighted by atomic mass is 9.91. The predicted molar refractivity (Wildman–Crippen MR) is 168 cm³/mol. The lowest BCUT2D eigenvalue weighted by Gasteiger charge is -2.27. The molecule has 2 aliphatic carbocycles. The molecule has 11 heteroatoms. The average Bonchev–Trinajstić information content (AvgIpc) is 3.33. The van der Waals surface area contributed by atoms with Crippen molar-refractivity contribution in [3.63, 3.8) is 0 Å². The molecule has 0 spiro atoms. The molecule has 0 bridgehead atoms. The van der Waals surface area contributed by atoms with Crippen molar-refractivity contribution < 1.29 is 29.5 Å². The third-order valence-electron chi connectivity index (χ3n) is 8.11. The first kappa shape index (κ1) is 36.8. The van der Waals surface area contributed by atoms with Crippen molar-refractivity contribution in [2.24, 2.45) is 0 Å². The Kier molecular flexibility index (Phi) is 18.7. The Balaban J connectivity index is 0.000000389. The standard InChI is InChI=1S/C19H28Cl2N2O5S.C12H23N/c1-3-4-5-9-23(10-6-11-28-2)16(24)8-7-14(19(26)27)22-18(25)15-12-13(20)17(21)29-15;1-3-7-11(8-4-1)13-12-9-5-2-6-10-12/h12,14H,3-11H2,1-2H3,(H,22,25)(H,26,27);11-13H,1-10H2/t14-;/m0./s1. The summed E-state index contributed by atoms with van der Waals surface area (Å²) in [6, 6.07) is 2.07. The largest absolute Gasteiger partial charge is 0.548 e. The summed E-state index contributed by atoms with van der Waals surface area (Å²) < 4.78 is 5.28. The highest BCUT2D eigenvalue weighted by Crippen LogP contribution is 2.31. The van der Waals surface area contributed by atoms with E-state index in [9.17, 15) is 19.5 Å². The van der Waals surface area contributed by atoms with Crippen molar-refractivity contribution in [2.45, 2.75) is 128 Å². The van der Waals surface area contributed by atoms with Crippen LogP contribution in [0.5, 0.6) is 0 Å². The minimum absolute atomic E-state index is 0.00993. The van der Waals surface area contributed by atoms with Crippen LogP contribution in [0.2, 0.25) is 9.36 Å². The summed E-state index contributed by atoms with van der Waals surface area (Å²) in [6.07, 6.45) is 18.5. The first-order valence-electron chi connectivity index (χ1n) is 15.8. The van der Waals surface area contributed by atoms with Crippen LogP contribution in [0.4, 0.5) is 0 Å².